The van der Waals surface area contributed by atoms with Gasteiger partial charge in [-0.3, -0.25) is 5.10 Å². The average molecular weight is 285 g/mol. The molecule has 0 aliphatic rings. The van der Waals surface area contributed by atoms with Crippen molar-refractivity contribution >= 4 is 17.9 Å². The lowest BCUT2D eigenvalue weighted by Crippen LogP contribution is -1.98. The molecule has 0 radical (unpaired) electrons. The fraction of sp³-hybridized carbons (Fsp3) is 0.200. The summed E-state index contributed by atoms with van der Waals surface area (Å²) in [5.74, 6) is 0.824. The molecule has 0 spiro atoms. The number of ether oxygens (including phenoxy) is 1. The Hall–Kier alpha value is -2.14. The zero-order valence-electron chi connectivity index (χ0n) is 11.6. The summed E-state index contributed by atoms with van der Waals surface area (Å²) in [6, 6.07) is 9.88. The number of hydrogen-bond acceptors (Lipinski definition) is 3. The number of hydrogen-bond donors (Lipinski definition) is 1. The van der Waals surface area contributed by atoms with Crippen molar-refractivity contribution in [3.63, 3.8) is 0 Å². The van der Waals surface area contributed by atoms with Gasteiger partial charge in [-0.25, -0.2) is 9.50 Å². The van der Waals surface area contributed by atoms with Crippen molar-refractivity contribution in [3.05, 3.63) is 46.2 Å². The lowest BCUT2D eigenvalue weighted by atomic mass is 10.1. The van der Waals surface area contributed by atoms with Crippen LogP contribution in [0.1, 0.15) is 11.3 Å². The van der Waals surface area contributed by atoms with E-state index in [4.69, 9.17) is 17.0 Å². The third-order valence-corrected chi connectivity index (χ3v) is 3.95. The molecule has 102 valence electrons. The Morgan fingerprint density at radius 2 is 2.05 bits per heavy atom. The Labute approximate surface area is 122 Å². The van der Waals surface area contributed by atoms with Crippen LogP contribution in [-0.4, -0.2) is 21.7 Å². The first kappa shape index (κ1) is 12.9. The molecular formula is C15H15N3OS. The number of aromatic amines is 1. The highest BCUT2D eigenvalue weighted by atomic mass is 32.1. The van der Waals surface area contributed by atoms with Gasteiger partial charge in [0.2, 0.25) is 0 Å². The van der Waals surface area contributed by atoms with Crippen molar-refractivity contribution in [2.75, 3.05) is 7.11 Å². The number of aryl methyl sites for hydroxylation is 1. The standard InChI is InChI=1S/C15H15N3OS/c1-9-10(2)16-14-8-13(17-18(14)15(9)20)11-5-4-6-12(7-11)19-3/h4-8,17H,1-3H3. The van der Waals surface area contributed by atoms with Gasteiger partial charge in [0.05, 0.1) is 12.8 Å². The van der Waals surface area contributed by atoms with Crippen LogP contribution in [0.5, 0.6) is 5.75 Å². The van der Waals surface area contributed by atoms with Crippen molar-refractivity contribution in [2.24, 2.45) is 0 Å². The maximum Gasteiger partial charge on any atom is 0.155 e. The van der Waals surface area contributed by atoms with E-state index in [1.54, 1.807) is 7.11 Å². The molecule has 2 aromatic heterocycles. The molecule has 0 saturated carbocycles. The number of nitrogens with zero attached hydrogens (tertiary/aromatic N) is 2. The third kappa shape index (κ3) is 2.00. The molecule has 0 aliphatic carbocycles. The van der Waals surface area contributed by atoms with E-state index in [-0.39, 0.29) is 0 Å². The molecule has 3 aromatic rings. The molecule has 0 amide bonds. The van der Waals surface area contributed by atoms with Gasteiger partial charge in [0, 0.05) is 22.9 Å². The number of H-pyrrole nitrogens is 1. The molecule has 2 heterocycles. The van der Waals surface area contributed by atoms with Crippen LogP contribution in [-0.2, 0) is 0 Å². The van der Waals surface area contributed by atoms with E-state index < -0.39 is 0 Å². The smallest absolute Gasteiger partial charge is 0.155 e. The largest absolute Gasteiger partial charge is 0.497 e. The first-order chi connectivity index (χ1) is 9.60. The molecule has 3 rings (SSSR count). The van der Waals surface area contributed by atoms with Crippen LogP contribution in [0, 0.1) is 18.5 Å². The maximum absolute atomic E-state index is 5.46. The molecule has 0 unspecified atom stereocenters. The van der Waals surface area contributed by atoms with E-state index in [0.717, 1.165) is 38.6 Å². The quantitative estimate of drug-likeness (QED) is 0.730. The monoisotopic (exact) mass is 285 g/mol. The second-order valence-corrected chi connectivity index (χ2v) is 5.11. The van der Waals surface area contributed by atoms with E-state index in [0.29, 0.717) is 0 Å². The van der Waals surface area contributed by atoms with Crippen LogP contribution in [0.15, 0.2) is 30.3 Å². The van der Waals surface area contributed by atoms with Gasteiger partial charge in [0.15, 0.2) is 5.65 Å². The number of methoxy groups -OCH3 is 1. The average Bonchev–Trinajstić information content (AvgIpc) is 2.89. The van der Waals surface area contributed by atoms with E-state index in [9.17, 15) is 0 Å². The first-order valence-electron chi connectivity index (χ1n) is 6.33. The molecular weight excluding hydrogens is 270 g/mol. The van der Waals surface area contributed by atoms with Gasteiger partial charge in [0.25, 0.3) is 0 Å². The number of nitrogens with one attached hydrogen (secondary N) is 1. The second-order valence-electron chi connectivity index (χ2n) is 4.72. The van der Waals surface area contributed by atoms with Gasteiger partial charge in [0.1, 0.15) is 10.4 Å². The maximum atomic E-state index is 5.46. The van der Waals surface area contributed by atoms with Gasteiger partial charge in [-0.05, 0) is 26.0 Å². The first-order valence-corrected chi connectivity index (χ1v) is 6.74. The fourth-order valence-corrected chi connectivity index (χ4v) is 2.44. The Morgan fingerprint density at radius 3 is 2.80 bits per heavy atom. The summed E-state index contributed by atoms with van der Waals surface area (Å²) in [7, 11) is 1.66. The normalized spacial score (nSPS) is 10.9. The van der Waals surface area contributed by atoms with E-state index in [1.807, 2.05) is 48.7 Å². The molecule has 5 heteroatoms. The van der Waals surface area contributed by atoms with Gasteiger partial charge in [-0.2, -0.15) is 0 Å². The third-order valence-electron chi connectivity index (χ3n) is 3.46. The summed E-state index contributed by atoms with van der Waals surface area (Å²) in [5, 5.41) is 3.29. The van der Waals surface area contributed by atoms with Crippen LogP contribution < -0.4 is 4.74 Å². The van der Waals surface area contributed by atoms with Gasteiger partial charge in [-0.15, -0.1) is 0 Å². The molecule has 0 bridgehead atoms. The Morgan fingerprint density at radius 1 is 1.25 bits per heavy atom. The van der Waals surface area contributed by atoms with E-state index in [1.165, 1.54) is 0 Å². The summed E-state index contributed by atoms with van der Waals surface area (Å²) in [6.07, 6.45) is 0. The predicted octanol–water partition coefficient (Wildman–Crippen LogP) is 3.68. The summed E-state index contributed by atoms with van der Waals surface area (Å²) >= 11 is 5.46. The SMILES string of the molecule is COc1cccc(-c2cc3nc(C)c(C)c(=S)n3[nH]2)c1. The zero-order valence-corrected chi connectivity index (χ0v) is 12.4. The second kappa shape index (κ2) is 4.76. The highest BCUT2D eigenvalue weighted by Crippen LogP contribution is 2.24. The summed E-state index contributed by atoms with van der Waals surface area (Å²) < 4.78 is 7.86. The van der Waals surface area contributed by atoms with Crippen LogP contribution in [0.3, 0.4) is 0 Å². The van der Waals surface area contributed by atoms with E-state index in [2.05, 4.69) is 10.1 Å². The number of benzene rings is 1. The highest BCUT2D eigenvalue weighted by molar-refractivity contribution is 7.71. The molecule has 1 N–H and O–H groups in total. The van der Waals surface area contributed by atoms with E-state index >= 15 is 0 Å². The minimum absolute atomic E-state index is 0.765. The van der Waals surface area contributed by atoms with Gasteiger partial charge >= 0.3 is 0 Å². The summed E-state index contributed by atoms with van der Waals surface area (Å²) in [4.78, 5) is 4.56. The minimum atomic E-state index is 0.765. The Bertz CT molecular complexity index is 848. The zero-order chi connectivity index (χ0) is 14.3. The van der Waals surface area contributed by atoms with Crippen molar-refractivity contribution in [2.45, 2.75) is 13.8 Å². The van der Waals surface area contributed by atoms with Gasteiger partial charge in [-0.1, -0.05) is 24.4 Å². The molecule has 4 nitrogen and oxygen atoms in total. The number of rotatable bonds is 2. The topological polar surface area (TPSA) is 42.3 Å². The van der Waals surface area contributed by atoms with Crippen molar-refractivity contribution < 1.29 is 4.74 Å². The lowest BCUT2D eigenvalue weighted by Gasteiger charge is -2.02. The molecule has 0 aliphatic heterocycles. The van der Waals surface area contributed by atoms with Gasteiger partial charge < -0.3 is 4.74 Å². The van der Waals surface area contributed by atoms with Crippen molar-refractivity contribution in [1.29, 1.82) is 0 Å². The van der Waals surface area contributed by atoms with Crippen molar-refractivity contribution in [3.8, 4) is 17.0 Å². The van der Waals surface area contributed by atoms with Crippen molar-refractivity contribution in [1.82, 2.24) is 14.6 Å². The van der Waals surface area contributed by atoms with Crippen LogP contribution in [0.4, 0.5) is 0 Å². The molecule has 20 heavy (non-hydrogen) atoms. The Kier molecular flexibility index (Phi) is 3.06. The number of aromatic nitrogens is 3. The summed E-state index contributed by atoms with van der Waals surface area (Å²) in [5.41, 5.74) is 4.82. The molecule has 0 atom stereocenters. The summed E-state index contributed by atoms with van der Waals surface area (Å²) in [6.45, 7) is 3.96. The van der Waals surface area contributed by atoms with Crippen LogP contribution >= 0.6 is 12.2 Å². The minimum Gasteiger partial charge on any atom is -0.497 e. The highest BCUT2D eigenvalue weighted by Gasteiger charge is 2.08. The molecule has 0 saturated heterocycles. The number of fused-ring (bicyclic) bond motifs is 1. The molecule has 1 aromatic carbocycles. The van der Waals surface area contributed by atoms with Crippen LogP contribution in [0.2, 0.25) is 0 Å². The molecule has 0 fully saturated rings. The predicted molar refractivity (Wildman–Crippen MR) is 81.8 cm³/mol. The fourth-order valence-electron chi connectivity index (χ4n) is 2.16. The Balaban J connectivity index is 2.23. The van der Waals surface area contributed by atoms with Crippen LogP contribution in [0.25, 0.3) is 16.9 Å². The lowest BCUT2D eigenvalue weighted by molar-refractivity contribution is 0.415.